The van der Waals surface area contributed by atoms with Gasteiger partial charge < -0.3 is 19.5 Å². The zero-order valence-electron chi connectivity index (χ0n) is 18.2. The number of rotatable bonds is 10. The van der Waals surface area contributed by atoms with Crippen molar-refractivity contribution in [2.75, 3.05) is 30.9 Å². The molecule has 0 unspecified atom stereocenters. The van der Waals surface area contributed by atoms with Gasteiger partial charge in [-0.05, 0) is 66.7 Å². The number of hydrogen-bond donors (Lipinski definition) is 2. The van der Waals surface area contributed by atoms with Crippen LogP contribution in [0.25, 0.3) is 0 Å². The number of sulfonamides is 1. The van der Waals surface area contributed by atoms with Gasteiger partial charge in [-0.1, -0.05) is 12.7 Å². The molecule has 172 valence electrons. The summed E-state index contributed by atoms with van der Waals surface area (Å²) in [6.07, 6.45) is 1.62. The number of amides is 1. The second-order valence-electron chi connectivity index (χ2n) is 6.78. The van der Waals surface area contributed by atoms with E-state index in [2.05, 4.69) is 16.6 Å². The second-order valence-corrected chi connectivity index (χ2v) is 8.43. The normalized spacial score (nSPS) is 10.7. The second kappa shape index (κ2) is 10.6. The SMILES string of the molecule is C=CCOc1ccc(C(=O)Nc2ccc(OC)c(S(=O)(=O)Nc3ccc(OC)cc3)c2)cc1. The first kappa shape index (κ1) is 23.7. The summed E-state index contributed by atoms with van der Waals surface area (Å²) in [6.45, 7) is 3.95. The first-order chi connectivity index (χ1) is 15.9. The number of hydrogen-bond acceptors (Lipinski definition) is 6. The van der Waals surface area contributed by atoms with Gasteiger partial charge in [0.1, 0.15) is 28.8 Å². The molecule has 0 bridgehead atoms. The van der Waals surface area contributed by atoms with Crippen LogP contribution in [0.3, 0.4) is 0 Å². The van der Waals surface area contributed by atoms with Crippen LogP contribution in [0, 0.1) is 0 Å². The summed E-state index contributed by atoms with van der Waals surface area (Å²) in [7, 11) is -1.11. The van der Waals surface area contributed by atoms with Crippen molar-refractivity contribution >= 4 is 27.3 Å². The van der Waals surface area contributed by atoms with Crippen molar-refractivity contribution in [2.45, 2.75) is 4.90 Å². The van der Waals surface area contributed by atoms with Gasteiger partial charge in [0.25, 0.3) is 15.9 Å². The molecule has 3 aromatic rings. The Hall–Kier alpha value is -3.98. The van der Waals surface area contributed by atoms with Gasteiger partial charge in [-0.25, -0.2) is 8.42 Å². The zero-order valence-corrected chi connectivity index (χ0v) is 19.0. The molecule has 0 saturated carbocycles. The lowest BCUT2D eigenvalue weighted by molar-refractivity contribution is 0.102. The maximum absolute atomic E-state index is 13.0. The topological polar surface area (TPSA) is 103 Å². The molecule has 33 heavy (non-hydrogen) atoms. The minimum absolute atomic E-state index is 0.119. The smallest absolute Gasteiger partial charge is 0.265 e. The van der Waals surface area contributed by atoms with Crippen LogP contribution in [0.4, 0.5) is 11.4 Å². The molecule has 0 aliphatic carbocycles. The Balaban J connectivity index is 1.80. The molecular weight excluding hydrogens is 444 g/mol. The Labute approximate surface area is 192 Å². The standard InChI is InChI=1S/C24H24N2O6S/c1-4-15-32-21-10-5-17(6-11-21)24(27)25-19-9-14-22(31-3)23(16-19)33(28,29)26-18-7-12-20(30-2)13-8-18/h4-14,16,26H,1,15H2,2-3H3,(H,25,27). The Bertz CT molecular complexity index is 1220. The Morgan fingerprint density at radius 1 is 0.909 bits per heavy atom. The molecule has 3 aromatic carbocycles. The summed E-state index contributed by atoms with van der Waals surface area (Å²) in [6, 6.07) is 17.4. The van der Waals surface area contributed by atoms with Crippen LogP contribution in [0.15, 0.2) is 84.3 Å². The summed E-state index contributed by atoms with van der Waals surface area (Å²) in [5.74, 6) is 0.939. The average Bonchev–Trinajstić information content (AvgIpc) is 2.83. The summed E-state index contributed by atoms with van der Waals surface area (Å²) in [4.78, 5) is 12.5. The molecule has 0 spiro atoms. The van der Waals surface area contributed by atoms with E-state index in [1.807, 2.05) is 0 Å². The molecule has 0 heterocycles. The molecule has 0 radical (unpaired) electrons. The minimum Gasteiger partial charge on any atom is -0.497 e. The largest absolute Gasteiger partial charge is 0.497 e. The highest BCUT2D eigenvalue weighted by Crippen LogP contribution is 2.29. The molecule has 0 aliphatic rings. The lowest BCUT2D eigenvalue weighted by atomic mass is 10.2. The Morgan fingerprint density at radius 3 is 2.15 bits per heavy atom. The van der Waals surface area contributed by atoms with E-state index in [1.165, 1.54) is 26.4 Å². The van der Waals surface area contributed by atoms with E-state index in [4.69, 9.17) is 14.2 Å². The van der Waals surface area contributed by atoms with Crippen LogP contribution in [0.1, 0.15) is 10.4 Å². The zero-order chi connectivity index (χ0) is 23.8. The van der Waals surface area contributed by atoms with Crippen LogP contribution < -0.4 is 24.2 Å². The van der Waals surface area contributed by atoms with Crippen LogP contribution in [0.5, 0.6) is 17.2 Å². The van der Waals surface area contributed by atoms with Gasteiger partial charge in [0.2, 0.25) is 0 Å². The van der Waals surface area contributed by atoms with Crippen molar-refractivity contribution in [1.29, 1.82) is 0 Å². The van der Waals surface area contributed by atoms with Crippen LogP contribution >= 0.6 is 0 Å². The first-order valence-corrected chi connectivity index (χ1v) is 11.3. The fraction of sp³-hybridized carbons (Fsp3) is 0.125. The molecule has 0 aromatic heterocycles. The lowest BCUT2D eigenvalue weighted by Crippen LogP contribution is -2.16. The van der Waals surface area contributed by atoms with Gasteiger partial charge in [-0.3, -0.25) is 9.52 Å². The monoisotopic (exact) mass is 468 g/mol. The molecule has 3 rings (SSSR count). The summed E-state index contributed by atoms with van der Waals surface area (Å²) < 4.78 is 44.2. The summed E-state index contributed by atoms with van der Waals surface area (Å²) in [5.41, 5.74) is 1.03. The number of carbonyl (C=O) groups excluding carboxylic acids is 1. The van der Waals surface area contributed by atoms with Gasteiger partial charge in [0.05, 0.1) is 14.2 Å². The molecular formula is C24H24N2O6S. The highest BCUT2D eigenvalue weighted by Gasteiger charge is 2.21. The van der Waals surface area contributed by atoms with Crippen LogP contribution in [0.2, 0.25) is 0 Å². The van der Waals surface area contributed by atoms with Crippen molar-refractivity contribution in [3.63, 3.8) is 0 Å². The maximum Gasteiger partial charge on any atom is 0.265 e. The summed E-state index contributed by atoms with van der Waals surface area (Å²) >= 11 is 0. The van der Waals surface area contributed by atoms with E-state index in [9.17, 15) is 13.2 Å². The number of anilines is 2. The fourth-order valence-corrected chi connectivity index (χ4v) is 4.15. The predicted molar refractivity (Wildman–Crippen MR) is 127 cm³/mol. The van der Waals surface area contributed by atoms with Gasteiger partial charge >= 0.3 is 0 Å². The number of methoxy groups -OCH3 is 2. The molecule has 1 amide bonds. The van der Waals surface area contributed by atoms with Crippen molar-refractivity contribution in [3.05, 3.63) is 84.9 Å². The van der Waals surface area contributed by atoms with Crippen molar-refractivity contribution in [1.82, 2.24) is 0 Å². The average molecular weight is 469 g/mol. The van der Waals surface area contributed by atoms with Crippen molar-refractivity contribution < 1.29 is 27.4 Å². The third-order valence-electron chi connectivity index (χ3n) is 4.54. The maximum atomic E-state index is 13.0. The molecule has 2 N–H and O–H groups in total. The quantitative estimate of drug-likeness (QED) is 0.430. The fourth-order valence-electron chi connectivity index (χ4n) is 2.89. The Morgan fingerprint density at radius 2 is 1.55 bits per heavy atom. The lowest BCUT2D eigenvalue weighted by Gasteiger charge is -2.14. The molecule has 0 aliphatic heterocycles. The third kappa shape index (κ3) is 6.05. The van der Waals surface area contributed by atoms with E-state index < -0.39 is 15.9 Å². The van der Waals surface area contributed by atoms with Crippen LogP contribution in [-0.2, 0) is 10.0 Å². The number of benzene rings is 3. The molecule has 0 saturated heterocycles. The van der Waals surface area contributed by atoms with Gasteiger partial charge in [-0.2, -0.15) is 0 Å². The van der Waals surface area contributed by atoms with E-state index in [0.717, 1.165) is 0 Å². The van der Waals surface area contributed by atoms with Crippen molar-refractivity contribution in [3.8, 4) is 17.2 Å². The molecule has 0 fully saturated rings. The predicted octanol–water partition coefficient (Wildman–Crippen LogP) is 4.32. The van der Waals surface area contributed by atoms with Gasteiger partial charge in [0, 0.05) is 16.9 Å². The number of ether oxygens (including phenoxy) is 3. The third-order valence-corrected chi connectivity index (χ3v) is 5.94. The number of carbonyl (C=O) groups is 1. The highest BCUT2D eigenvalue weighted by atomic mass is 32.2. The van der Waals surface area contributed by atoms with E-state index in [0.29, 0.717) is 35.0 Å². The molecule has 9 heteroatoms. The van der Waals surface area contributed by atoms with Crippen LogP contribution in [-0.4, -0.2) is 35.2 Å². The summed E-state index contributed by atoms with van der Waals surface area (Å²) in [5, 5.41) is 2.70. The molecule has 0 atom stereocenters. The van der Waals surface area contributed by atoms with Gasteiger partial charge in [0.15, 0.2) is 0 Å². The van der Waals surface area contributed by atoms with E-state index >= 15 is 0 Å². The van der Waals surface area contributed by atoms with Gasteiger partial charge in [-0.15, -0.1) is 0 Å². The first-order valence-electron chi connectivity index (χ1n) is 9.86. The number of nitrogens with one attached hydrogen (secondary N) is 2. The van der Waals surface area contributed by atoms with E-state index in [1.54, 1.807) is 60.7 Å². The Kier molecular flexibility index (Phi) is 7.57. The highest BCUT2D eigenvalue weighted by molar-refractivity contribution is 7.92. The minimum atomic E-state index is -4.00. The molecule has 8 nitrogen and oxygen atoms in total. The van der Waals surface area contributed by atoms with E-state index in [-0.39, 0.29) is 10.6 Å². The van der Waals surface area contributed by atoms with Crippen molar-refractivity contribution in [2.24, 2.45) is 0 Å².